The molecule has 2 aromatic carbocycles. The summed E-state index contributed by atoms with van der Waals surface area (Å²) < 4.78 is 5.87. The molecule has 2 heteroatoms. The summed E-state index contributed by atoms with van der Waals surface area (Å²) in [6.45, 7) is 8.34. The summed E-state index contributed by atoms with van der Waals surface area (Å²) in [4.78, 5) is 0. The highest BCUT2D eigenvalue weighted by atomic mass is 16.5. The van der Waals surface area contributed by atoms with Gasteiger partial charge in [0.25, 0.3) is 0 Å². The summed E-state index contributed by atoms with van der Waals surface area (Å²) in [6.07, 6.45) is 0.972. The Morgan fingerprint density at radius 2 is 1.71 bits per heavy atom. The van der Waals surface area contributed by atoms with Crippen LogP contribution in [0.5, 0.6) is 5.75 Å². The van der Waals surface area contributed by atoms with E-state index in [2.05, 4.69) is 38.1 Å². The van der Waals surface area contributed by atoms with E-state index in [1.807, 2.05) is 32.0 Å². The maximum Gasteiger partial charge on any atom is 0.124 e. The van der Waals surface area contributed by atoms with Crippen molar-refractivity contribution in [2.75, 3.05) is 0 Å². The summed E-state index contributed by atoms with van der Waals surface area (Å²) >= 11 is 0. The predicted molar refractivity (Wildman–Crippen MR) is 88.8 cm³/mol. The molecular formula is C19H25NO. The van der Waals surface area contributed by atoms with Gasteiger partial charge in [-0.25, -0.2) is 0 Å². The van der Waals surface area contributed by atoms with Gasteiger partial charge in [0.15, 0.2) is 0 Å². The largest absolute Gasteiger partial charge is 0.491 e. The van der Waals surface area contributed by atoms with Crippen LogP contribution in [0.15, 0.2) is 42.5 Å². The number of hydrogen-bond acceptors (Lipinski definition) is 2. The lowest BCUT2D eigenvalue weighted by Crippen LogP contribution is -2.16. The van der Waals surface area contributed by atoms with Crippen molar-refractivity contribution in [3.63, 3.8) is 0 Å². The summed E-state index contributed by atoms with van der Waals surface area (Å²) in [7, 11) is 0. The molecule has 0 bridgehead atoms. The lowest BCUT2D eigenvalue weighted by molar-refractivity contribution is 0.238. The maximum absolute atomic E-state index is 6.41. The Morgan fingerprint density at radius 3 is 2.38 bits per heavy atom. The molecule has 0 fully saturated rings. The van der Waals surface area contributed by atoms with Crippen LogP contribution >= 0.6 is 0 Å². The molecule has 0 aliphatic carbocycles. The van der Waals surface area contributed by atoms with Crippen molar-refractivity contribution < 1.29 is 4.74 Å². The predicted octanol–water partition coefficient (Wildman–Crippen LogP) is 4.33. The van der Waals surface area contributed by atoms with Crippen molar-refractivity contribution in [1.82, 2.24) is 0 Å². The van der Waals surface area contributed by atoms with E-state index in [1.54, 1.807) is 0 Å². The van der Waals surface area contributed by atoms with Gasteiger partial charge in [0.2, 0.25) is 0 Å². The Balaban J connectivity index is 2.19. The van der Waals surface area contributed by atoms with Crippen molar-refractivity contribution >= 4 is 0 Å². The van der Waals surface area contributed by atoms with Crippen LogP contribution in [0, 0.1) is 13.8 Å². The van der Waals surface area contributed by atoms with Gasteiger partial charge in [-0.05, 0) is 56.9 Å². The highest BCUT2D eigenvalue weighted by Gasteiger charge is 2.13. The number of hydrogen-bond donors (Lipinski definition) is 1. The van der Waals surface area contributed by atoms with Gasteiger partial charge in [-0.3, -0.25) is 0 Å². The molecule has 0 heterocycles. The lowest BCUT2D eigenvalue weighted by atomic mass is 9.96. The molecule has 0 radical (unpaired) electrons. The topological polar surface area (TPSA) is 35.2 Å². The number of rotatable bonds is 5. The first kappa shape index (κ1) is 15.6. The van der Waals surface area contributed by atoms with E-state index < -0.39 is 0 Å². The molecule has 0 saturated carbocycles. The van der Waals surface area contributed by atoms with E-state index in [1.165, 1.54) is 16.7 Å². The van der Waals surface area contributed by atoms with Gasteiger partial charge < -0.3 is 10.5 Å². The number of ether oxygens (including phenoxy) is 1. The van der Waals surface area contributed by atoms with Gasteiger partial charge in [-0.1, -0.05) is 36.4 Å². The third-order valence-electron chi connectivity index (χ3n) is 3.71. The molecular weight excluding hydrogens is 258 g/mol. The van der Waals surface area contributed by atoms with E-state index >= 15 is 0 Å². The molecule has 0 amide bonds. The molecule has 21 heavy (non-hydrogen) atoms. The van der Waals surface area contributed by atoms with Crippen molar-refractivity contribution in [3.8, 4) is 5.75 Å². The first-order chi connectivity index (χ1) is 9.97. The molecule has 0 saturated heterocycles. The van der Waals surface area contributed by atoms with Crippen molar-refractivity contribution in [2.24, 2.45) is 5.73 Å². The van der Waals surface area contributed by atoms with Gasteiger partial charge in [-0.2, -0.15) is 0 Å². The van der Waals surface area contributed by atoms with Crippen LogP contribution in [0.3, 0.4) is 0 Å². The van der Waals surface area contributed by atoms with Crippen LogP contribution in [0.1, 0.15) is 42.1 Å². The monoisotopic (exact) mass is 283 g/mol. The SMILES string of the molecule is Cc1ccc(CC(N)c2ccccc2OC(C)C)cc1C. The van der Waals surface area contributed by atoms with Gasteiger partial charge >= 0.3 is 0 Å². The molecule has 0 spiro atoms. The molecule has 1 atom stereocenters. The van der Waals surface area contributed by atoms with Gasteiger partial charge in [0, 0.05) is 11.6 Å². The first-order valence-electron chi connectivity index (χ1n) is 7.54. The average Bonchev–Trinajstić information content (AvgIpc) is 2.43. The second-order valence-electron chi connectivity index (χ2n) is 5.93. The lowest BCUT2D eigenvalue weighted by Gasteiger charge is -2.19. The highest BCUT2D eigenvalue weighted by molar-refractivity contribution is 5.38. The Morgan fingerprint density at radius 1 is 1.00 bits per heavy atom. The van der Waals surface area contributed by atoms with E-state index in [9.17, 15) is 0 Å². The fourth-order valence-corrected chi connectivity index (χ4v) is 2.44. The quantitative estimate of drug-likeness (QED) is 0.886. The summed E-state index contributed by atoms with van der Waals surface area (Å²) in [5.41, 5.74) is 11.4. The number of aryl methyl sites for hydroxylation is 2. The minimum absolute atomic E-state index is 0.0537. The fourth-order valence-electron chi connectivity index (χ4n) is 2.44. The molecule has 0 aromatic heterocycles. The summed E-state index contributed by atoms with van der Waals surface area (Å²) in [5, 5.41) is 0. The Kier molecular flexibility index (Phi) is 5.03. The molecule has 1 unspecified atom stereocenters. The zero-order valence-electron chi connectivity index (χ0n) is 13.4. The van der Waals surface area contributed by atoms with E-state index in [-0.39, 0.29) is 12.1 Å². The molecule has 2 aromatic rings. The van der Waals surface area contributed by atoms with Gasteiger partial charge in [0.05, 0.1) is 6.10 Å². The minimum atomic E-state index is -0.0537. The van der Waals surface area contributed by atoms with Gasteiger partial charge in [-0.15, -0.1) is 0 Å². The Bertz CT molecular complexity index is 604. The Hall–Kier alpha value is -1.80. The smallest absolute Gasteiger partial charge is 0.124 e. The van der Waals surface area contributed by atoms with Gasteiger partial charge in [0.1, 0.15) is 5.75 Å². The molecule has 0 aliphatic heterocycles. The summed E-state index contributed by atoms with van der Waals surface area (Å²) in [5.74, 6) is 0.892. The van der Waals surface area contributed by atoms with Crippen LogP contribution in [-0.2, 0) is 6.42 Å². The van der Waals surface area contributed by atoms with Crippen molar-refractivity contribution in [3.05, 3.63) is 64.7 Å². The third-order valence-corrected chi connectivity index (χ3v) is 3.71. The minimum Gasteiger partial charge on any atom is -0.491 e. The van der Waals surface area contributed by atoms with Crippen molar-refractivity contribution in [2.45, 2.75) is 46.3 Å². The summed E-state index contributed by atoms with van der Waals surface area (Å²) in [6, 6.07) is 14.6. The van der Waals surface area contributed by atoms with Crippen LogP contribution in [0.25, 0.3) is 0 Å². The van der Waals surface area contributed by atoms with Crippen molar-refractivity contribution in [1.29, 1.82) is 0 Å². The average molecular weight is 283 g/mol. The highest BCUT2D eigenvalue weighted by Crippen LogP contribution is 2.27. The fraction of sp³-hybridized carbons (Fsp3) is 0.368. The zero-order chi connectivity index (χ0) is 15.4. The molecule has 2 nitrogen and oxygen atoms in total. The Labute approximate surface area is 127 Å². The standard InChI is InChI=1S/C19H25NO/c1-13(2)21-19-8-6-5-7-17(19)18(20)12-16-10-9-14(3)15(4)11-16/h5-11,13,18H,12,20H2,1-4H3. The van der Waals surface area contributed by atoms with Crippen LogP contribution < -0.4 is 10.5 Å². The number of benzene rings is 2. The van der Waals surface area contributed by atoms with Crippen LogP contribution in [0.2, 0.25) is 0 Å². The normalized spacial score (nSPS) is 12.5. The second-order valence-corrected chi connectivity index (χ2v) is 5.93. The molecule has 2 rings (SSSR count). The maximum atomic E-state index is 6.41. The first-order valence-corrected chi connectivity index (χ1v) is 7.54. The zero-order valence-corrected chi connectivity index (χ0v) is 13.4. The van der Waals surface area contributed by atoms with E-state index in [0.717, 1.165) is 17.7 Å². The van der Waals surface area contributed by atoms with Crippen LogP contribution in [-0.4, -0.2) is 6.10 Å². The second kappa shape index (κ2) is 6.77. The number of para-hydroxylation sites is 1. The van der Waals surface area contributed by atoms with E-state index in [4.69, 9.17) is 10.5 Å². The molecule has 0 aliphatic rings. The van der Waals surface area contributed by atoms with Crippen LogP contribution in [0.4, 0.5) is 0 Å². The number of nitrogens with two attached hydrogens (primary N) is 1. The molecule has 112 valence electrons. The van der Waals surface area contributed by atoms with E-state index in [0.29, 0.717) is 0 Å². The third kappa shape index (κ3) is 4.08. The molecule has 2 N–H and O–H groups in total.